The molecule has 0 fully saturated rings. The van der Waals surface area contributed by atoms with E-state index in [2.05, 4.69) is 15.0 Å². The van der Waals surface area contributed by atoms with Crippen molar-refractivity contribution in [3.05, 3.63) is 47.4 Å². The maximum Gasteiger partial charge on any atom is 0.251 e. The van der Waals surface area contributed by atoms with Crippen molar-refractivity contribution >= 4 is 23.4 Å². The predicted molar refractivity (Wildman–Crippen MR) is 100 cm³/mol. The van der Waals surface area contributed by atoms with Crippen LogP contribution < -0.4 is 25.7 Å². The maximum atomic E-state index is 14.3. The first kappa shape index (κ1) is 21.2. The molecule has 150 valence electrons. The molecule has 0 amide bonds. The van der Waals surface area contributed by atoms with Crippen LogP contribution in [0.1, 0.15) is 5.56 Å². The second-order valence-electron chi connectivity index (χ2n) is 5.28. The zero-order chi connectivity index (χ0) is 20.7. The van der Waals surface area contributed by atoms with Crippen LogP contribution in [-0.4, -0.2) is 35.9 Å². The summed E-state index contributed by atoms with van der Waals surface area (Å²) in [5.41, 5.74) is 11.2. The molecule has 2 rings (SSSR count). The Kier molecular flexibility index (Phi) is 7.33. The highest BCUT2D eigenvalue weighted by molar-refractivity contribution is 6.19. The Morgan fingerprint density at radius 1 is 1.14 bits per heavy atom. The number of hydrogen-bond acceptors (Lipinski definition) is 7. The molecule has 28 heavy (non-hydrogen) atoms. The molecule has 0 saturated carbocycles. The van der Waals surface area contributed by atoms with E-state index in [1.165, 1.54) is 32.7 Å². The quantitative estimate of drug-likeness (QED) is 0.387. The first-order valence-corrected chi connectivity index (χ1v) is 8.32. The monoisotopic (exact) mass is 413 g/mol. The number of allylic oxidation sites excluding steroid dienone is 1. The van der Waals surface area contributed by atoms with Crippen molar-refractivity contribution in [3.63, 3.8) is 0 Å². The number of halogens is 3. The maximum absolute atomic E-state index is 14.3. The number of alkyl halides is 1. The largest absolute Gasteiger partial charge is 0.494 e. The van der Waals surface area contributed by atoms with E-state index in [1.807, 2.05) is 0 Å². The number of aromatic nitrogens is 2. The molecule has 1 aromatic heterocycles. The Bertz CT molecular complexity index is 863. The van der Waals surface area contributed by atoms with Gasteiger partial charge in [-0.2, -0.15) is 4.99 Å². The van der Waals surface area contributed by atoms with Crippen LogP contribution in [0.15, 0.2) is 35.2 Å². The normalized spacial score (nSPS) is 12.0. The van der Waals surface area contributed by atoms with E-state index in [0.717, 1.165) is 6.07 Å². The van der Waals surface area contributed by atoms with E-state index < -0.39 is 18.2 Å². The first-order chi connectivity index (χ1) is 13.4. The van der Waals surface area contributed by atoms with Crippen LogP contribution in [0.25, 0.3) is 0 Å². The molecule has 0 aliphatic heterocycles. The Morgan fingerprint density at radius 2 is 1.71 bits per heavy atom. The van der Waals surface area contributed by atoms with Gasteiger partial charge >= 0.3 is 0 Å². The summed E-state index contributed by atoms with van der Waals surface area (Å²) in [5.74, 6) is -1.74. The van der Waals surface area contributed by atoms with Crippen LogP contribution in [0.4, 0.5) is 14.7 Å². The summed E-state index contributed by atoms with van der Waals surface area (Å²) >= 11 is 5.54. The van der Waals surface area contributed by atoms with Gasteiger partial charge in [0, 0.05) is 17.8 Å². The molecule has 0 aliphatic rings. The smallest absolute Gasteiger partial charge is 0.251 e. The summed E-state index contributed by atoms with van der Waals surface area (Å²) in [6.45, 7) is -0.436. The third kappa shape index (κ3) is 5.19. The van der Waals surface area contributed by atoms with E-state index in [-0.39, 0.29) is 40.5 Å². The number of ether oxygens (including phenoxy) is 3. The number of aliphatic imine (C=N–C) groups is 1. The van der Waals surface area contributed by atoms with Gasteiger partial charge in [0.2, 0.25) is 0 Å². The second-order valence-corrected chi connectivity index (χ2v) is 5.55. The van der Waals surface area contributed by atoms with Gasteiger partial charge in [0.15, 0.2) is 28.9 Å². The standard InChI is InChI=1S/C17H18ClF2N5O3/c1-26-12-4-13(27-2)16(20)11(15(12)19)8-28-10-6-23-17(24-7-10)25-14(22)3-9(21)5-18/h3-4,6-7H,5,8,21H2,1-2H3,(H2,22,23,24,25). The topological polar surface area (TPSA) is 118 Å². The highest BCUT2D eigenvalue weighted by Gasteiger charge is 2.20. The summed E-state index contributed by atoms with van der Waals surface area (Å²) in [5, 5.41) is 0. The lowest BCUT2D eigenvalue weighted by Crippen LogP contribution is -2.12. The highest BCUT2D eigenvalue weighted by atomic mass is 35.5. The van der Waals surface area contributed by atoms with Crippen molar-refractivity contribution < 1.29 is 23.0 Å². The van der Waals surface area contributed by atoms with Gasteiger partial charge in [0.25, 0.3) is 5.95 Å². The van der Waals surface area contributed by atoms with Crippen molar-refractivity contribution in [1.29, 1.82) is 0 Å². The molecule has 2 aromatic rings. The summed E-state index contributed by atoms with van der Waals surface area (Å²) in [4.78, 5) is 11.8. The predicted octanol–water partition coefficient (Wildman–Crippen LogP) is 2.42. The fraction of sp³-hybridized carbons (Fsp3) is 0.235. The van der Waals surface area contributed by atoms with Gasteiger partial charge in [0.1, 0.15) is 12.4 Å². The third-order valence-corrected chi connectivity index (χ3v) is 3.69. The van der Waals surface area contributed by atoms with Crippen molar-refractivity contribution in [2.24, 2.45) is 16.5 Å². The van der Waals surface area contributed by atoms with Crippen LogP contribution in [0, 0.1) is 11.6 Å². The number of rotatable bonds is 8. The molecule has 0 atom stereocenters. The van der Waals surface area contributed by atoms with Crippen molar-refractivity contribution in [2.75, 3.05) is 20.1 Å². The zero-order valence-electron chi connectivity index (χ0n) is 15.1. The highest BCUT2D eigenvalue weighted by Crippen LogP contribution is 2.31. The molecule has 4 N–H and O–H groups in total. The lowest BCUT2D eigenvalue weighted by molar-refractivity contribution is 0.280. The van der Waals surface area contributed by atoms with Gasteiger partial charge in [-0.3, -0.25) is 0 Å². The molecule has 1 heterocycles. The molecule has 0 saturated heterocycles. The molecule has 0 radical (unpaired) electrons. The van der Waals surface area contributed by atoms with Crippen LogP contribution in [-0.2, 0) is 6.61 Å². The number of methoxy groups -OCH3 is 2. The molecule has 0 bridgehead atoms. The van der Waals surface area contributed by atoms with Gasteiger partial charge in [-0.05, 0) is 0 Å². The number of nitrogens with zero attached hydrogens (tertiary/aromatic N) is 3. The second kappa shape index (κ2) is 9.70. The molecule has 1 aromatic carbocycles. The van der Waals surface area contributed by atoms with Crippen molar-refractivity contribution in [1.82, 2.24) is 9.97 Å². The Balaban J connectivity index is 2.15. The lowest BCUT2D eigenvalue weighted by Gasteiger charge is -2.13. The SMILES string of the molecule is COc1cc(OC)c(F)c(COc2cnc(N=C(N)C=C(N)CCl)nc2)c1F. The van der Waals surface area contributed by atoms with Crippen LogP contribution in [0.5, 0.6) is 17.2 Å². The summed E-state index contributed by atoms with van der Waals surface area (Å²) < 4.78 is 43.7. The van der Waals surface area contributed by atoms with Gasteiger partial charge < -0.3 is 25.7 Å². The van der Waals surface area contributed by atoms with E-state index in [9.17, 15) is 8.78 Å². The molecular weight excluding hydrogens is 396 g/mol. The third-order valence-electron chi connectivity index (χ3n) is 3.38. The molecule has 11 heteroatoms. The molecule has 0 aliphatic carbocycles. The minimum Gasteiger partial charge on any atom is -0.494 e. The molecule has 0 spiro atoms. The Labute approximate surface area is 164 Å². The van der Waals surface area contributed by atoms with E-state index in [0.29, 0.717) is 5.70 Å². The Morgan fingerprint density at radius 3 is 2.21 bits per heavy atom. The number of benzene rings is 1. The minimum atomic E-state index is -0.889. The van der Waals surface area contributed by atoms with Crippen molar-refractivity contribution in [2.45, 2.75) is 6.61 Å². The van der Waals surface area contributed by atoms with Crippen LogP contribution in [0.3, 0.4) is 0 Å². The number of hydrogen-bond donors (Lipinski definition) is 2. The number of nitrogens with two attached hydrogens (primary N) is 2. The van der Waals surface area contributed by atoms with Gasteiger partial charge in [-0.25, -0.2) is 18.7 Å². The van der Waals surface area contributed by atoms with E-state index >= 15 is 0 Å². The van der Waals surface area contributed by atoms with Gasteiger partial charge in [0.05, 0.1) is 38.1 Å². The summed E-state index contributed by atoms with van der Waals surface area (Å²) in [7, 11) is 2.52. The van der Waals surface area contributed by atoms with Gasteiger partial charge in [-0.1, -0.05) is 0 Å². The minimum absolute atomic E-state index is 0.0453. The first-order valence-electron chi connectivity index (χ1n) is 7.79. The number of amidine groups is 1. The molecule has 0 unspecified atom stereocenters. The van der Waals surface area contributed by atoms with Crippen molar-refractivity contribution in [3.8, 4) is 17.2 Å². The van der Waals surface area contributed by atoms with E-state index in [1.54, 1.807) is 0 Å². The van der Waals surface area contributed by atoms with Gasteiger partial charge in [-0.15, -0.1) is 11.6 Å². The molecule has 8 nitrogen and oxygen atoms in total. The lowest BCUT2D eigenvalue weighted by atomic mass is 10.1. The zero-order valence-corrected chi connectivity index (χ0v) is 15.8. The van der Waals surface area contributed by atoms with E-state index in [4.69, 9.17) is 37.3 Å². The average molecular weight is 414 g/mol. The van der Waals surface area contributed by atoms with Crippen LogP contribution in [0.2, 0.25) is 0 Å². The Hall–Kier alpha value is -3.14. The average Bonchev–Trinajstić information content (AvgIpc) is 2.69. The fourth-order valence-electron chi connectivity index (χ4n) is 2.04. The summed E-state index contributed by atoms with van der Waals surface area (Å²) in [6, 6.07) is 1.11. The fourth-order valence-corrected chi connectivity index (χ4v) is 2.11. The van der Waals surface area contributed by atoms with Crippen LogP contribution >= 0.6 is 11.6 Å². The summed E-state index contributed by atoms with van der Waals surface area (Å²) in [6.07, 6.45) is 3.93. The molecular formula is C17H18ClF2N5O3.